The van der Waals surface area contributed by atoms with E-state index in [0.717, 1.165) is 6.42 Å². The molecule has 0 aliphatic carbocycles. The fourth-order valence-corrected chi connectivity index (χ4v) is 1.23. The van der Waals surface area contributed by atoms with Crippen LogP contribution in [0.25, 0.3) is 0 Å². The van der Waals surface area contributed by atoms with E-state index in [1.165, 1.54) is 0 Å². The van der Waals surface area contributed by atoms with Crippen LogP contribution in [-0.2, 0) is 20.6 Å². The Morgan fingerprint density at radius 1 is 1.50 bits per heavy atom. The third-order valence-corrected chi connectivity index (χ3v) is 2.80. The molecule has 0 aliphatic rings. The van der Waals surface area contributed by atoms with Crippen molar-refractivity contribution in [3.8, 4) is 0 Å². The maximum absolute atomic E-state index is 11.1. The molecule has 0 aromatic rings. The van der Waals surface area contributed by atoms with Crippen LogP contribution in [0.2, 0.25) is 0 Å². The Labute approximate surface area is 87.3 Å². The molecule has 0 spiro atoms. The van der Waals surface area contributed by atoms with E-state index in [9.17, 15) is 9.00 Å². The van der Waals surface area contributed by atoms with Gasteiger partial charge in [0.1, 0.15) is 6.10 Å². The molecule has 14 heavy (non-hydrogen) atoms. The number of esters is 1. The maximum Gasteiger partial charge on any atom is 0.307 e. The number of carbonyl (C=O) groups excluding carboxylic acids is 1. The lowest BCUT2D eigenvalue weighted by molar-refractivity contribution is -0.150. The van der Waals surface area contributed by atoms with Gasteiger partial charge in [-0.2, -0.15) is 0 Å². The topological polar surface area (TPSA) is 63.6 Å². The van der Waals surface area contributed by atoms with E-state index in [0.29, 0.717) is 5.92 Å². The Hall–Kier alpha value is -0.420. The third-order valence-electron chi connectivity index (χ3n) is 2.24. The predicted octanol–water partition coefficient (Wildman–Crippen LogP) is 1.58. The van der Waals surface area contributed by atoms with Crippen LogP contribution in [0.3, 0.4) is 0 Å². The van der Waals surface area contributed by atoms with Crippen molar-refractivity contribution in [2.24, 2.45) is 5.92 Å². The molecule has 0 fully saturated rings. The first kappa shape index (κ1) is 13.6. The van der Waals surface area contributed by atoms with Crippen molar-refractivity contribution in [1.29, 1.82) is 0 Å². The summed E-state index contributed by atoms with van der Waals surface area (Å²) in [5, 5.41) is 0. The Morgan fingerprint density at radius 3 is 2.50 bits per heavy atom. The van der Waals surface area contributed by atoms with Gasteiger partial charge < -0.3 is 9.29 Å². The van der Waals surface area contributed by atoms with Gasteiger partial charge in [0.2, 0.25) is 0 Å². The summed E-state index contributed by atoms with van der Waals surface area (Å²) in [5.74, 6) is -0.134. The van der Waals surface area contributed by atoms with E-state index in [4.69, 9.17) is 9.29 Å². The zero-order valence-electron chi connectivity index (χ0n) is 8.86. The molecule has 3 unspecified atom stereocenters. The van der Waals surface area contributed by atoms with E-state index in [-0.39, 0.29) is 18.3 Å². The lowest BCUT2D eigenvalue weighted by atomic mass is 10.0. The van der Waals surface area contributed by atoms with Gasteiger partial charge in [-0.3, -0.25) is 4.79 Å². The van der Waals surface area contributed by atoms with Crippen molar-refractivity contribution >= 4 is 17.0 Å². The Morgan fingerprint density at radius 2 is 2.07 bits per heavy atom. The molecule has 0 aromatic heterocycles. The normalized spacial score (nSPS) is 17.1. The van der Waals surface area contributed by atoms with Crippen LogP contribution in [0.1, 0.15) is 33.6 Å². The average molecular weight is 222 g/mol. The molecule has 0 saturated heterocycles. The quantitative estimate of drug-likeness (QED) is 0.547. The summed E-state index contributed by atoms with van der Waals surface area (Å²) in [7, 11) is 0. The molecule has 0 amide bonds. The average Bonchev–Trinajstić information content (AvgIpc) is 2.13. The number of hydrogen-bond donors (Lipinski definition) is 1. The van der Waals surface area contributed by atoms with E-state index in [1.807, 2.05) is 20.8 Å². The summed E-state index contributed by atoms with van der Waals surface area (Å²) in [5.41, 5.74) is 0. The second-order valence-electron chi connectivity index (χ2n) is 3.36. The highest BCUT2D eigenvalue weighted by molar-refractivity contribution is 7.79. The van der Waals surface area contributed by atoms with E-state index >= 15 is 0 Å². The standard InChI is InChI=1S/C9H18O4S/c1-4-7(2)8(3)13-9(10)5-6-14(11)12/h7-8H,4-6H2,1-3H3,(H,11,12). The predicted molar refractivity (Wildman–Crippen MR) is 55.3 cm³/mol. The minimum atomic E-state index is -1.91. The van der Waals surface area contributed by atoms with Crippen LogP contribution in [0.4, 0.5) is 0 Å². The monoisotopic (exact) mass is 222 g/mol. The molecule has 0 saturated carbocycles. The molecular formula is C9H18O4S. The molecule has 1 N–H and O–H groups in total. The van der Waals surface area contributed by atoms with Crippen LogP contribution >= 0.6 is 0 Å². The molecule has 0 bridgehead atoms. The van der Waals surface area contributed by atoms with Gasteiger partial charge in [-0.05, 0) is 12.8 Å². The molecule has 0 aromatic carbocycles. The van der Waals surface area contributed by atoms with Crippen molar-refractivity contribution in [2.75, 3.05) is 5.75 Å². The van der Waals surface area contributed by atoms with E-state index < -0.39 is 17.0 Å². The second-order valence-corrected chi connectivity index (χ2v) is 4.41. The van der Waals surface area contributed by atoms with Gasteiger partial charge >= 0.3 is 5.97 Å². The Bertz CT molecular complexity index is 205. The Kier molecular flexibility index (Phi) is 6.74. The molecule has 84 valence electrons. The number of hydrogen-bond acceptors (Lipinski definition) is 3. The third kappa shape index (κ3) is 6.10. The van der Waals surface area contributed by atoms with Crippen LogP contribution in [0, 0.1) is 5.92 Å². The molecule has 0 radical (unpaired) electrons. The molecule has 0 rings (SSSR count). The molecule has 5 heteroatoms. The Balaban J connectivity index is 3.76. The maximum atomic E-state index is 11.1. The summed E-state index contributed by atoms with van der Waals surface area (Å²) in [6.45, 7) is 5.86. The van der Waals surface area contributed by atoms with Gasteiger partial charge in [-0.1, -0.05) is 20.3 Å². The fraction of sp³-hybridized carbons (Fsp3) is 0.889. The van der Waals surface area contributed by atoms with Gasteiger partial charge in [0.25, 0.3) is 0 Å². The molecule has 3 atom stereocenters. The molecule has 0 heterocycles. The van der Waals surface area contributed by atoms with Crippen molar-refractivity contribution in [1.82, 2.24) is 0 Å². The van der Waals surface area contributed by atoms with E-state index in [1.54, 1.807) is 0 Å². The fourth-order valence-electron chi connectivity index (χ4n) is 0.885. The van der Waals surface area contributed by atoms with E-state index in [2.05, 4.69) is 0 Å². The summed E-state index contributed by atoms with van der Waals surface area (Å²) >= 11 is -1.91. The lowest BCUT2D eigenvalue weighted by Gasteiger charge is -2.18. The lowest BCUT2D eigenvalue weighted by Crippen LogP contribution is -2.22. The van der Waals surface area contributed by atoms with Gasteiger partial charge in [-0.25, -0.2) is 4.21 Å². The minimum absolute atomic E-state index is 0.00385. The van der Waals surface area contributed by atoms with Crippen LogP contribution in [0.15, 0.2) is 0 Å². The van der Waals surface area contributed by atoms with Crippen LogP contribution in [0.5, 0.6) is 0 Å². The van der Waals surface area contributed by atoms with Gasteiger partial charge in [0.05, 0.1) is 12.2 Å². The first-order valence-electron chi connectivity index (χ1n) is 4.74. The van der Waals surface area contributed by atoms with Crippen molar-refractivity contribution in [3.63, 3.8) is 0 Å². The van der Waals surface area contributed by atoms with Crippen molar-refractivity contribution in [3.05, 3.63) is 0 Å². The molecule has 0 aliphatic heterocycles. The molecular weight excluding hydrogens is 204 g/mol. The van der Waals surface area contributed by atoms with Gasteiger partial charge in [0, 0.05) is 0 Å². The van der Waals surface area contributed by atoms with Gasteiger partial charge in [0.15, 0.2) is 11.1 Å². The summed E-state index contributed by atoms with van der Waals surface area (Å²) in [6, 6.07) is 0. The second kappa shape index (κ2) is 6.95. The zero-order chi connectivity index (χ0) is 11.1. The highest BCUT2D eigenvalue weighted by Gasteiger charge is 2.15. The number of ether oxygens (including phenoxy) is 1. The SMILES string of the molecule is CCC(C)C(C)OC(=O)CCS(=O)O. The first-order valence-corrected chi connectivity index (χ1v) is 6.01. The van der Waals surface area contributed by atoms with Crippen LogP contribution < -0.4 is 0 Å². The smallest absolute Gasteiger partial charge is 0.307 e. The zero-order valence-corrected chi connectivity index (χ0v) is 9.67. The summed E-state index contributed by atoms with van der Waals surface area (Å²) < 4.78 is 23.8. The van der Waals surface area contributed by atoms with Crippen molar-refractivity contribution in [2.45, 2.75) is 39.7 Å². The van der Waals surface area contributed by atoms with Crippen LogP contribution in [-0.4, -0.2) is 26.6 Å². The highest BCUT2D eigenvalue weighted by atomic mass is 32.2. The largest absolute Gasteiger partial charge is 0.462 e. The van der Waals surface area contributed by atoms with Gasteiger partial charge in [-0.15, -0.1) is 0 Å². The number of carbonyl (C=O) groups is 1. The van der Waals surface area contributed by atoms with Crippen molar-refractivity contribution < 1.29 is 18.3 Å². The summed E-state index contributed by atoms with van der Waals surface area (Å²) in [4.78, 5) is 11.1. The minimum Gasteiger partial charge on any atom is -0.462 e. The summed E-state index contributed by atoms with van der Waals surface area (Å²) in [6.07, 6.45) is 0.823. The molecule has 4 nitrogen and oxygen atoms in total. The highest BCUT2D eigenvalue weighted by Crippen LogP contribution is 2.11. The number of rotatable bonds is 6. The first-order chi connectivity index (χ1) is 6.47.